The van der Waals surface area contributed by atoms with Crippen LogP contribution in [-0.2, 0) is 13.3 Å². The molecule has 2 heterocycles. The monoisotopic (exact) mass is 553 g/mol. The molecule has 0 aliphatic carbocycles. The number of carbonyl (C=O) groups excluding carboxylic acids is 1. The number of halogens is 4. The van der Waals surface area contributed by atoms with Crippen molar-refractivity contribution < 1.29 is 9.53 Å². The Morgan fingerprint density at radius 3 is 2.50 bits per heavy atom. The first-order valence-electron chi connectivity index (χ1n) is 9.28. The summed E-state index contributed by atoms with van der Waals surface area (Å²) < 4.78 is 9.57. The Bertz CT molecular complexity index is 1250. The molecule has 0 spiro atoms. The van der Waals surface area contributed by atoms with Crippen molar-refractivity contribution in [2.45, 2.75) is 13.3 Å². The molecule has 4 aromatic rings. The summed E-state index contributed by atoms with van der Waals surface area (Å²) in [6, 6.07) is 13.8. The number of ether oxygens (including phenoxy) is 1. The van der Waals surface area contributed by atoms with E-state index in [2.05, 4.69) is 31.4 Å². The van der Waals surface area contributed by atoms with E-state index in [1.165, 1.54) is 4.68 Å². The third-order valence-corrected chi connectivity index (χ3v) is 5.95. The van der Waals surface area contributed by atoms with E-state index in [0.29, 0.717) is 33.2 Å². The second-order valence-corrected chi connectivity index (χ2v) is 8.75. The first-order chi connectivity index (χ1) is 15.4. The number of nitrogens with one attached hydrogen (secondary N) is 1. The summed E-state index contributed by atoms with van der Waals surface area (Å²) in [5.41, 5.74) is 0.982. The highest BCUT2D eigenvalue weighted by molar-refractivity contribution is 9.10. The third-order valence-electron chi connectivity index (χ3n) is 4.38. The van der Waals surface area contributed by atoms with Gasteiger partial charge in [-0.2, -0.15) is 10.2 Å². The summed E-state index contributed by atoms with van der Waals surface area (Å²) >= 11 is 21.7. The molecule has 0 radical (unpaired) electrons. The Kier molecular flexibility index (Phi) is 7.05. The van der Waals surface area contributed by atoms with Gasteiger partial charge in [-0.25, -0.2) is 4.68 Å². The summed E-state index contributed by atoms with van der Waals surface area (Å²) in [6.45, 7) is 0.501. The molecule has 1 N–H and O–H groups in total. The maximum atomic E-state index is 12.5. The average Bonchev–Trinajstić information content (AvgIpc) is 3.40. The molecule has 0 fully saturated rings. The summed E-state index contributed by atoms with van der Waals surface area (Å²) in [5, 5.41) is 13.0. The molecule has 32 heavy (non-hydrogen) atoms. The smallest absolute Gasteiger partial charge is 0.277 e. The minimum Gasteiger partial charge on any atom is -0.470 e. The fourth-order valence-electron chi connectivity index (χ4n) is 2.82. The molecule has 1 amide bonds. The van der Waals surface area contributed by atoms with Crippen molar-refractivity contribution in [2.24, 2.45) is 0 Å². The van der Waals surface area contributed by atoms with Gasteiger partial charge in [-0.05, 0) is 52.3 Å². The largest absolute Gasteiger partial charge is 0.470 e. The molecule has 0 unspecified atom stereocenters. The normalized spacial score (nSPS) is 10.9. The van der Waals surface area contributed by atoms with Crippen LogP contribution in [-0.4, -0.2) is 25.5 Å². The molecular weight excluding hydrogens is 541 g/mol. The fourth-order valence-corrected chi connectivity index (χ4v) is 4.14. The molecule has 0 saturated heterocycles. The van der Waals surface area contributed by atoms with Crippen LogP contribution in [0.1, 0.15) is 16.1 Å². The van der Waals surface area contributed by atoms with E-state index in [-0.39, 0.29) is 12.4 Å². The van der Waals surface area contributed by atoms with Crippen LogP contribution in [0.3, 0.4) is 0 Å². The number of carbonyl (C=O) groups is 1. The van der Waals surface area contributed by atoms with E-state index in [4.69, 9.17) is 39.5 Å². The predicted molar refractivity (Wildman–Crippen MR) is 128 cm³/mol. The molecular formula is C21H15BrCl3N5O2. The van der Waals surface area contributed by atoms with Crippen molar-refractivity contribution in [1.29, 1.82) is 0 Å². The summed E-state index contributed by atoms with van der Waals surface area (Å²) in [5.74, 6) is 0.603. The standard InChI is InChI=1S/C21H15BrCl3N5O2/c22-15-10-13(23)4-5-19(15)32-12-30-8-6-18(27-30)21(31)26-20-7-9-29(28-20)11-14-16(24)2-1-3-17(14)25/h1-10H,11-12H2,(H,26,28,31). The van der Waals surface area contributed by atoms with Crippen LogP contribution in [0.4, 0.5) is 5.82 Å². The molecule has 0 aliphatic heterocycles. The number of nitrogens with zero attached hydrogens (tertiary/aromatic N) is 4. The molecule has 7 nitrogen and oxygen atoms in total. The van der Waals surface area contributed by atoms with E-state index in [0.717, 1.165) is 10.0 Å². The Balaban J connectivity index is 1.36. The van der Waals surface area contributed by atoms with Gasteiger partial charge >= 0.3 is 0 Å². The SMILES string of the molecule is O=C(Nc1ccn(Cc2c(Cl)cccc2Cl)n1)c1ccn(COc2ccc(Cl)cc2Br)n1. The van der Waals surface area contributed by atoms with Crippen LogP contribution in [0.15, 0.2) is 65.4 Å². The lowest BCUT2D eigenvalue weighted by atomic mass is 10.2. The topological polar surface area (TPSA) is 74.0 Å². The Morgan fingerprint density at radius 1 is 1.00 bits per heavy atom. The average molecular weight is 556 g/mol. The zero-order valence-electron chi connectivity index (χ0n) is 16.3. The van der Waals surface area contributed by atoms with E-state index < -0.39 is 5.91 Å². The quantitative estimate of drug-likeness (QED) is 0.297. The lowest BCUT2D eigenvalue weighted by Gasteiger charge is -2.08. The lowest BCUT2D eigenvalue weighted by Crippen LogP contribution is -2.15. The fraction of sp³-hybridized carbons (Fsp3) is 0.0952. The second-order valence-electron chi connectivity index (χ2n) is 6.64. The van der Waals surface area contributed by atoms with Crippen molar-refractivity contribution in [2.75, 3.05) is 5.32 Å². The maximum absolute atomic E-state index is 12.5. The number of benzene rings is 2. The Labute approximate surface area is 207 Å². The minimum absolute atomic E-state index is 0.126. The zero-order chi connectivity index (χ0) is 22.7. The number of amides is 1. The highest BCUT2D eigenvalue weighted by Gasteiger charge is 2.13. The molecule has 164 valence electrons. The zero-order valence-corrected chi connectivity index (χ0v) is 20.2. The van der Waals surface area contributed by atoms with Gasteiger partial charge in [0.1, 0.15) is 5.75 Å². The molecule has 11 heteroatoms. The highest BCUT2D eigenvalue weighted by atomic mass is 79.9. The van der Waals surface area contributed by atoms with Gasteiger partial charge in [-0.1, -0.05) is 40.9 Å². The number of hydrogen-bond acceptors (Lipinski definition) is 4. The number of aromatic nitrogens is 4. The molecule has 2 aromatic heterocycles. The van der Waals surface area contributed by atoms with Gasteiger partial charge in [0.25, 0.3) is 5.91 Å². The van der Waals surface area contributed by atoms with E-state index in [1.54, 1.807) is 65.6 Å². The predicted octanol–water partition coefficient (Wildman–Crippen LogP) is 6.14. The minimum atomic E-state index is -0.391. The van der Waals surface area contributed by atoms with Crippen molar-refractivity contribution in [3.63, 3.8) is 0 Å². The van der Waals surface area contributed by atoms with Crippen LogP contribution >= 0.6 is 50.7 Å². The Morgan fingerprint density at radius 2 is 1.75 bits per heavy atom. The molecule has 0 atom stereocenters. The van der Waals surface area contributed by atoms with Crippen LogP contribution in [0, 0.1) is 0 Å². The lowest BCUT2D eigenvalue weighted by molar-refractivity contribution is 0.101. The van der Waals surface area contributed by atoms with Crippen LogP contribution in [0.2, 0.25) is 15.1 Å². The van der Waals surface area contributed by atoms with Crippen molar-refractivity contribution in [3.8, 4) is 5.75 Å². The van der Waals surface area contributed by atoms with Crippen molar-refractivity contribution >= 4 is 62.5 Å². The number of rotatable bonds is 7. The van der Waals surface area contributed by atoms with Gasteiger partial charge < -0.3 is 10.1 Å². The molecule has 0 saturated carbocycles. The van der Waals surface area contributed by atoms with Crippen LogP contribution in [0.5, 0.6) is 5.75 Å². The van der Waals surface area contributed by atoms with Gasteiger partial charge in [-0.15, -0.1) is 0 Å². The van der Waals surface area contributed by atoms with Gasteiger partial charge in [0, 0.05) is 39.1 Å². The van der Waals surface area contributed by atoms with Gasteiger partial charge in [0.15, 0.2) is 18.2 Å². The van der Waals surface area contributed by atoms with Crippen LogP contribution < -0.4 is 10.1 Å². The van der Waals surface area contributed by atoms with Gasteiger partial charge in [0.05, 0.1) is 11.0 Å². The van der Waals surface area contributed by atoms with Gasteiger partial charge in [0.2, 0.25) is 0 Å². The van der Waals surface area contributed by atoms with E-state index in [1.807, 2.05) is 0 Å². The summed E-state index contributed by atoms with van der Waals surface area (Å²) in [4.78, 5) is 12.5. The summed E-state index contributed by atoms with van der Waals surface area (Å²) in [6.07, 6.45) is 3.38. The first kappa shape index (κ1) is 22.7. The van der Waals surface area contributed by atoms with E-state index >= 15 is 0 Å². The van der Waals surface area contributed by atoms with E-state index in [9.17, 15) is 4.79 Å². The molecule has 0 bridgehead atoms. The number of hydrogen-bond donors (Lipinski definition) is 1. The molecule has 2 aromatic carbocycles. The van der Waals surface area contributed by atoms with Crippen molar-refractivity contribution in [1.82, 2.24) is 19.6 Å². The Hall–Kier alpha value is -2.52. The third kappa shape index (κ3) is 5.45. The number of anilines is 1. The molecule has 4 rings (SSSR count). The second kappa shape index (κ2) is 9.95. The summed E-state index contributed by atoms with van der Waals surface area (Å²) in [7, 11) is 0. The first-order valence-corrected chi connectivity index (χ1v) is 11.2. The van der Waals surface area contributed by atoms with Crippen molar-refractivity contribution in [3.05, 3.63) is 91.7 Å². The molecule has 0 aliphatic rings. The maximum Gasteiger partial charge on any atom is 0.277 e. The highest BCUT2D eigenvalue weighted by Crippen LogP contribution is 2.28. The van der Waals surface area contributed by atoms with Gasteiger partial charge in [-0.3, -0.25) is 9.48 Å². The van der Waals surface area contributed by atoms with Crippen LogP contribution in [0.25, 0.3) is 0 Å².